The molecule has 35 heavy (non-hydrogen) atoms. The molecule has 1 saturated carbocycles. The van der Waals surface area contributed by atoms with Gasteiger partial charge in [-0.15, -0.1) is 0 Å². The number of fused-ring (bicyclic) bond motifs is 1. The van der Waals surface area contributed by atoms with E-state index in [-0.39, 0.29) is 17.8 Å². The zero-order chi connectivity index (χ0) is 25.2. The van der Waals surface area contributed by atoms with Crippen LogP contribution in [0.25, 0.3) is 5.65 Å². The van der Waals surface area contributed by atoms with E-state index in [0.29, 0.717) is 41.7 Å². The molecule has 1 aliphatic carbocycles. The summed E-state index contributed by atoms with van der Waals surface area (Å²) in [4.78, 5) is 5.30. The number of hydrogen-bond donors (Lipinski definition) is 2. The highest BCUT2D eigenvalue weighted by Gasteiger charge is 2.55. The largest absolute Gasteiger partial charge is 0.435 e. The Kier molecular flexibility index (Phi) is 5.47. The molecule has 1 saturated heterocycles. The predicted octanol–water partition coefficient (Wildman–Crippen LogP) is 4.52. The number of rotatable bonds is 5. The van der Waals surface area contributed by atoms with Crippen molar-refractivity contribution in [2.24, 2.45) is 5.41 Å². The van der Waals surface area contributed by atoms with E-state index in [1.165, 1.54) is 12.1 Å². The van der Waals surface area contributed by atoms with Gasteiger partial charge >= 0.3 is 12.4 Å². The van der Waals surface area contributed by atoms with E-state index < -0.39 is 47.4 Å². The lowest BCUT2D eigenvalue weighted by Crippen LogP contribution is -2.67. The Morgan fingerprint density at radius 3 is 2.23 bits per heavy atom. The lowest BCUT2D eigenvalue weighted by molar-refractivity contribution is -0.169. The number of benzene rings is 1. The van der Waals surface area contributed by atoms with Crippen molar-refractivity contribution in [1.29, 1.82) is 0 Å². The van der Waals surface area contributed by atoms with Gasteiger partial charge in [0.25, 0.3) is 0 Å². The summed E-state index contributed by atoms with van der Waals surface area (Å²) in [6, 6.07) is 6.22. The van der Waals surface area contributed by atoms with Crippen LogP contribution in [0.15, 0.2) is 36.4 Å². The molecule has 3 aromatic rings. The van der Waals surface area contributed by atoms with Gasteiger partial charge < -0.3 is 10.4 Å². The standard InChI is InChI=1S/C22H20F7N5O/c23-13-3-1-12(2-4-13)14(33-10-20(11-33)6-5-17(20)35)9-30-18-7-15(21(24,25)26)31-19-8-16(22(27,28)29)32-34(18)19/h1-4,7-8,14,17,30,35H,5-6,9-11H2/t14-,17+/m0/s1. The number of aliphatic hydroxyl groups excluding tert-OH is 1. The third-order valence-electron chi connectivity index (χ3n) is 6.84. The van der Waals surface area contributed by atoms with Crippen molar-refractivity contribution in [3.05, 3.63) is 59.2 Å². The van der Waals surface area contributed by atoms with Crippen molar-refractivity contribution >= 4 is 11.5 Å². The number of anilines is 1. The Balaban J connectivity index is 1.47. The summed E-state index contributed by atoms with van der Waals surface area (Å²) in [5.41, 5.74) is -2.89. The number of aromatic nitrogens is 3. The van der Waals surface area contributed by atoms with E-state index in [4.69, 9.17) is 0 Å². The van der Waals surface area contributed by atoms with Gasteiger partial charge in [0.15, 0.2) is 17.0 Å². The van der Waals surface area contributed by atoms with E-state index >= 15 is 0 Å². The molecule has 0 bridgehead atoms. The van der Waals surface area contributed by atoms with Crippen LogP contribution >= 0.6 is 0 Å². The molecule has 2 aromatic heterocycles. The molecule has 1 aliphatic heterocycles. The number of halogens is 7. The Morgan fingerprint density at radius 2 is 1.69 bits per heavy atom. The molecule has 13 heteroatoms. The van der Waals surface area contributed by atoms with Crippen LogP contribution in [0.2, 0.25) is 0 Å². The summed E-state index contributed by atoms with van der Waals surface area (Å²) in [6.45, 7) is 1.07. The van der Waals surface area contributed by atoms with Gasteiger partial charge in [-0.1, -0.05) is 12.1 Å². The summed E-state index contributed by atoms with van der Waals surface area (Å²) < 4.78 is 93.8. The fourth-order valence-corrected chi connectivity index (χ4v) is 4.76. The van der Waals surface area contributed by atoms with E-state index in [0.717, 1.165) is 6.42 Å². The van der Waals surface area contributed by atoms with E-state index in [2.05, 4.69) is 15.4 Å². The first kappa shape index (κ1) is 23.8. The lowest BCUT2D eigenvalue weighted by Gasteiger charge is -2.60. The summed E-state index contributed by atoms with van der Waals surface area (Å²) in [5, 5.41) is 16.3. The minimum atomic E-state index is -4.89. The van der Waals surface area contributed by atoms with Crippen LogP contribution < -0.4 is 5.32 Å². The quantitative estimate of drug-likeness (QED) is 0.502. The fraction of sp³-hybridized carbons (Fsp3) is 0.455. The molecular formula is C22H20F7N5O. The molecule has 188 valence electrons. The minimum absolute atomic E-state index is 0.00453. The molecule has 1 spiro atoms. The van der Waals surface area contributed by atoms with Crippen molar-refractivity contribution < 1.29 is 35.8 Å². The second-order valence-corrected chi connectivity index (χ2v) is 9.09. The molecule has 2 atom stereocenters. The topological polar surface area (TPSA) is 65.7 Å². The van der Waals surface area contributed by atoms with Crippen LogP contribution in [-0.2, 0) is 12.4 Å². The number of alkyl halides is 6. The van der Waals surface area contributed by atoms with Crippen molar-refractivity contribution in [2.45, 2.75) is 37.3 Å². The van der Waals surface area contributed by atoms with Gasteiger partial charge in [0.05, 0.1) is 12.1 Å². The highest BCUT2D eigenvalue weighted by Crippen LogP contribution is 2.50. The number of hydrogen-bond acceptors (Lipinski definition) is 5. The van der Waals surface area contributed by atoms with Crippen molar-refractivity contribution in [2.75, 3.05) is 25.0 Å². The van der Waals surface area contributed by atoms with Gasteiger partial charge in [-0.25, -0.2) is 9.37 Å². The van der Waals surface area contributed by atoms with Crippen LogP contribution in [0.5, 0.6) is 0 Å². The third kappa shape index (κ3) is 4.31. The molecule has 0 unspecified atom stereocenters. The maximum absolute atomic E-state index is 13.5. The maximum Gasteiger partial charge on any atom is 0.435 e. The maximum atomic E-state index is 13.5. The summed E-state index contributed by atoms with van der Waals surface area (Å²) >= 11 is 0. The molecule has 6 nitrogen and oxygen atoms in total. The van der Waals surface area contributed by atoms with E-state index in [1.807, 2.05) is 4.90 Å². The molecule has 3 heterocycles. The molecule has 2 fully saturated rings. The SMILES string of the molecule is O[C@@H]1CCC12CN([C@@H](CNc1cc(C(F)(F)F)nc3cc(C(F)(F)F)nn13)c1ccc(F)cc1)C2. The third-order valence-corrected chi connectivity index (χ3v) is 6.84. The number of nitrogens with zero attached hydrogens (tertiary/aromatic N) is 4. The van der Waals surface area contributed by atoms with Crippen LogP contribution in [0.3, 0.4) is 0 Å². The van der Waals surface area contributed by atoms with Crippen molar-refractivity contribution in [1.82, 2.24) is 19.5 Å². The van der Waals surface area contributed by atoms with Crippen LogP contribution in [-0.4, -0.2) is 50.3 Å². The van der Waals surface area contributed by atoms with Crippen molar-refractivity contribution in [3.8, 4) is 0 Å². The zero-order valence-corrected chi connectivity index (χ0v) is 18.0. The van der Waals surface area contributed by atoms with Gasteiger partial charge in [0.1, 0.15) is 11.6 Å². The number of nitrogens with one attached hydrogen (secondary N) is 1. The average Bonchev–Trinajstić information content (AvgIpc) is 3.19. The van der Waals surface area contributed by atoms with Crippen LogP contribution in [0.4, 0.5) is 36.6 Å². The van der Waals surface area contributed by atoms with Gasteiger partial charge in [-0.2, -0.15) is 36.0 Å². The predicted molar refractivity (Wildman–Crippen MR) is 110 cm³/mol. The first-order valence-corrected chi connectivity index (χ1v) is 10.8. The molecule has 0 amide bonds. The van der Waals surface area contributed by atoms with Crippen LogP contribution in [0.1, 0.15) is 35.8 Å². The Labute approximate surface area is 194 Å². The molecule has 0 radical (unpaired) electrons. The van der Waals surface area contributed by atoms with Crippen molar-refractivity contribution in [3.63, 3.8) is 0 Å². The Bertz CT molecular complexity index is 1230. The van der Waals surface area contributed by atoms with Crippen LogP contribution in [0, 0.1) is 11.2 Å². The molecule has 5 rings (SSSR count). The number of likely N-dealkylation sites (tertiary alicyclic amines) is 1. The summed E-state index contributed by atoms with van der Waals surface area (Å²) in [6.07, 6.45) is -8.64. The summed E-state index contributed by atoms with van der Waals surface area (Å²) in [7, 11) is 0. The highest BCUT2D eigenvalue weighted by atomic mass is 19.4. The highest BCUT2D eigenvalue weighted by molar-refractivity contribution is 5.51. The minimum Gasteiger partial charge on any atom is -0.392 e. The molecule has 1 aromatic carbocycles. The Morgan fingerprint density at radius 1 is 1.03 bits per heavy atom. The summed E-state index contributed by atoms with van der Waals surface area (Å²) in [5.74, 6) is -0.777. The second kappa shape index (κ2) is 8.05. The molecule has 2 N–H and O–H groups in total. The van der Waals surface area contributed by atoms with Gasteiger partial charge in [-0.3, -0.25) is 4.90 Å². The second-order valence-electron chi connectivity index (χ2n) is 9.09. The first-order valence-electron chi connectivity index (χ1n) is 10.8. The number of aliphatic hydroxyl groups is 1. The zero-order valence-electron chi connectivity index (χ0n) is 18.0. The van der Waals surface area contributed by atoms with E-state index in [9.17, 15) is 35.8 Å². The fourth-order valence-electron chi connectivity index (χ4n) is 4.76. The van der Waals surface area contributed by atoms with E-state index in [1.54, 1.807) is 12.1 Å². The monoisotopic (exact) mass is 503 g/mol. The average molecular weight is 503 g/mol. The van der Waals surface area contributed by atoms with Gasteiger partial charge in [0.2, 0.25) is 0 Å². The molecular weight excluding hydrogens is 483 g/mol. The molecule has 2 aliphatic rings. The van der Waals surface area contributed by atoms with Gasteiger partial charge in [-0.05, 0) is 30.5 Å². The smallest absolute Gasteiger partial charge is 0.392 e. The van der Waals surface area contributed by atoms with Gasteiger partial charge in [0, 0.05) is 37.2 Å². The first-order chi connectivity index (χ1) is 16.4. The normalized spacial score (nSPS) is 21.1. The lowest BCUT2D eigenvalue weighted by atomic mass is 9.60. The Hall–Kier alpha value is -2.93.